The minimum absolute atomic E-state index is 0.815. The molecule has 0 heterocycles. The molecule has 1 heteroatoms. The first kappa shape index (κ1) is 16.3. The van der Waals surface area contributed by atoms with Crippen LogP contribution in [0, 0.1) is 17.8 Å². The van der Waals surface area contributed by atoms with Crippen LogP contribution >= 0.6 is 0 Å². The average molecular weight is 280 g/mol. The molecule has 4 atom stereocenters. The third-order valence-electron chi connectivity index (χ3n) is 5.87. The van der Waals surface area contributed by atoms with Gasteiger partial charge in [-0.2, -0.15) is 0 Å². The number of unbranched alkanes of at least 4 members (excludes halogenated alkanes) is 5. The van der Waals surface area contributed by atoms with Crippen LogP contribution in [0.4, 0.5) is 0 Å². The van der Waals surface area contributed by atoms with Gasteiger partial charge in [0.15, 0.2) is 0 Å². The Bertz CT molecular complexity index is 250. The van der Waals surface area contributed by atoms with Crippen molar-refractivity contribution in [2.75, 3.05) is 6.54 Å². The van der Waals surface area contributed by atoms with Crippen molar-refractivity contribution in [1.29, 1.82) is 0 Å². The lowest BCUT2D eigenvalue weighted by molar-refractivity contribution is 0.270. The van der Waals surface area contributed by atoms with Gasteiger partial charge in [-0.25, -0.2) is 0 Å². The highest BCUT2D eigenvalue weighted by Gasteiger charge is 2.39. The molecule has 0 saturated heterocycles. The molecular weight excluding hydrogens is 242 g/mol. The molecule has 0 amide bonds. The number of hydrogen-bond acceptors (Lipinski definition) is 1. The van der Waals surface area contributed by atoms with E-state index in [2.05, 4.69) is 19.2 Å². The Hall–Kier alpha value is -0.0400. The first-order valence-electron chi connectivity index (χ1n) is 9.56. The lowest BCUT2D eigenvalue weighted by Gasteiger charge is -2.27. The van der Waals surface area contributed by atoms with Gasteiger partial charge in [0.05, 0.1) is 0 Å². The van der Waals surface area contributed by atoms with E-state index in [0.29, 0.717) is 0 Å². The summed E-state index contributed by atoms with van der Waals surface area (Å²) in [5.41, 5.74) is 0. The highest BCUT2D eigenvalue weighted by Crippen LogP contribution is 2.50. The minimum Gasteiger partial charge on any atom is -0.314 e. The molecule has 2 fully saturated rings. The van der Waals surface area contributed by atoms with E-state index >= 15 is 0 Å². The van der Waals surface area contributed by atoms with Crippen LogP contribution in [0.2, 0.25) is 0 Å². The van der Waals surface area contributed by atoms with E-state index < -0.39 is 0 Å². The Morgan fingerprint density at radius 3 is 2.40 bits per heavy atom. The van der Waals surface area contributed by atoms with Gasteiger partial charge in [0.25, 0.3) is 0 Å². The number of nitrogens with one attached hydrogen (secondary N) is 1. The van der Waals surface area contributed by atoms with Crippen LogP contribution in [0.25, 0.3) is 0 Å². The van der Waals surface area contributed by atoms with Gasteiger partial charge < -0.3 is 5.32 Å². The summed E-state index contributed by atoms with van der Waals surface area (Å²) in [6.07, 6.45) is 17.7. The van der Waals surface area contributed by atoms with E-state index in [-0.39, 0.29) is 0 Å². The van der Waals surface area contributed by atoms with E-state index in [9.17, 15) is 0 Å². The molecule has 2 aliphatic rings. The number of hydrogen-bond donors (Lipinski definition) is 1. The summed E-state index contributed by atoms with van der Waals surface area (Å²) < 4.78 is 0. The molecule has 4 unspecified atom stereocenters. The largest absolute Gasteiger partial charge is 0.314 e. The maximum absolute atomic E-state index is 3.77. The van der Waals surface area contributed by atoms with Gasteiger partial charge in [-0.3, -0.25) is 0 Å². The van der Waals surface area contributed by atoms with Crippen molar-refractivity contribution in [3.8, 4) is 0 Å². The van der Waals surface area contributed by atoms with Crippen LogP contribution < -0.4 is 5.32 Å². The molecule has 1 N–H and O–H groups in total. The van der Waals surface area contributed by atoms with Gasteiger partial charge in [0.1, 0.15) is 0 Å². The monoisotopic (exact) mass is 279 g/mol. The van der Waals surface area contributed by atoms with Crippen molar-refractivity contribution in [1.82, 2.24) is 5.32 Å². The quantitative estimate of drug-likeness (QED) is 0.489. The van der Waals surface area contributed by atoms with Gasteiger partial charge in [-0.1, -0.05) is 58.8 Å². The summed E-state index contributed by atoms with van der Waals surface area (Å²) in [6.45, 7) is 5.73. The molecular formula is C19H37N. The zero-order valence-corrected chi connectivity index (χ0v) is 14.0. The first-order valence-corrected chi connectivity index (χ1v) is 9.56. The van der Waals surface area contributed by atoms with Crippen molar-refractivity contribution >= 4 is 0 Å². The van der Waals surface area contributed by atoms with E-state index in [4.69, 9.17) is 0 Å². The Morgan fingerprint density at radius 1 is 0.950 bits per heavy atom. The highest BCUT2D eigenvalue weighted by atomic mass is 14.9. The van der Waals surface area contributed by atoms with E-state index in [1.807, 2.05) is 0 Å². The first-order chi connectivity index (χ1) is 9.83. The highest BCUT2D eigenvalue weighted by molar-refractivity contribution is 4.91. The fourth-order valence-corrected chi connectivity index (χ4v) is 4.79. The molecule has 0 aromatic carbocycles. The molecule has 0 aromatic rings. The van der Waals surface area contributed by atoms with Crippen molar-refractivity contribution in [3.63, 3.8) is 0 Å². The molecule has 0 spiro atoms. The molecule has 0 aliphatic heterocycles. The number of fused-ring (bicyclic) bond motifs is 2. The topological polar surface area (TPSA) is 12.0 Å². The normalized spacial score (nSPS) is 30.0. The van der Waals surface area contributed by atoms with E-state index in [0.717, 1.165) is 30.3 Å². The van der Waals surface area contributed by atoms with Crippen LogP contribution in [0.1, 0.15) is 90.9 Å². The zero-order valence-electron chi connectivity index (χ0n) is 14.0. The Balaban J connectivity index is 1.60. The second-order valence-electron chi connectivity index (χ2n) is 7.48. The van der Waals surface area contributed by atoms with Crippen molar-refractivity contribution < 1.29 is 0 Å². The van der Waals surface area contributed by atoms with Crippen molar-refractivity contribution in [3.05, 3.63) is 0 Å². The lowest BCUT2D eigenvalue weighted by Crippen LogP contribution is -2.32. The van der Waals surface area contributed by atoms with Crippen LogP contribution in [0.5, 0.6) is 0 Å². The van der Waals surface area contributed by atoms with Gasteiger partial charge in [-0.05, 0) is 56.4 Å². The summed E-state index contributed by atoms with van der Waals surface area (Å²) in [5.74, 6) is 3.28. The zero-order chi connectivity index (χ0) is 14.2. The molecule has 118 valence electrons. The third-order valence-corrected chi connectivity index (χ3v) is 5.87. The minimum atomic E-state index is 0.815. The second kappa shape index (κ2) is 9.07. The maximum atomic E-state index is 3.77. The van der Waals surface area contributed by atoms with Gasteiger partial charge in [0.2, 0.25) is 0 Å². The van der Waals surface area contributed by atoms with Crippen LogP contribution in [0.3, 0.4) is 0 Å². The van der Waals surface area contributed by atoms with Gasteiger partial charge >= 0.3 is 0 Å². The molecule has 0 aromatic heterocycles. The third kappa shape index (κ3) is 5.06. The average Bonchev–Trinajstić information content (AvgIpc) is 3.05. The Morgan fingerprint density at radius 2 is 1.75 bits per heavy atom. The van der Waals surface area contributed by atoms with Crippen molar-refractivity contribution in [2.45, 2.75) is 96.9 Å². The van der Waals surface area contributed by atoms with Gasteiger partial charge in [0, 0.05) is 6.04 Å². The summed E-state index contributed by atoms with van der Waals surface area (Å²) in [4.78, 5) is 0. The van der Waals surface area contributed by atoms with Gasteiger partial charge in [-0.15, -0.1) is 0 Å². The number of rotatable bonds is 11. The van der Waals surface area contributed by atoms with Crippen LogP contribution in [0.15, 0.2) is 0 Å². The van der Waals surface area contributed by atoms with Crippen molar-refractivity contribution in [2.24, 2.45) is 17.8 Å². The summed E-state index contributed by atoms with van der Waals surface area (Å²) >= 11 is 0. The maximum Gasteiger partial charge on any atom is 0.00696 e. The van der Waals surface area contributed by atoms with Crippen LogP contribution in [-0.2, 0) is 0 Å². The predicted octanol–water partition coefficient (Wildman–Crippen LogP) is 5.54. The second-order valence-corrected chi connectivity index (χ2v) is 7.48. The summed E-state index contributed by atoms with van der Waals surface area (Å²) in [7, 11) is 0. The van der Waals surface area contributed by atoms with E-state index in [1.54, 1.807) is 25.7 Å². The lowest BCUT2D eigenvalue weighted by atomic mass is 9.83. The Kier molecular flexibility index (Phi) is 7.41. The summed E-state index contributed by atoms with van der Waals surface area (Å²) in [6, 6.07) is 0.815. The molecule has 1 nitrogen and oxygen atoms in total. The SMILES string of the molecule is CCCCCCCCC(CC1CC2CCC1C2)NCC. The molecule has 2 saturated carbocycles. The smallest absolute Gasteiger partial charge is 0.00696 e. The molecule has 2 rings (SSSR count). The fraction of sp³-hybridized carbons (Fsp3) is 1.00. The fourth-order valence-electron chi connectivity index (χ4n) is 4.79. The van der Waals surface area contributed by atoms with E-state index in [1.165, 1.54) is 51.4 Å². The molecule has 0 radical (unpaired) electrons. The van der Waals surface area contributed by atoms with Crippen LogP contribution in [-0.4, -0.2) is 12.6 Å². The molecule has 2 aliphatic carbocycles. The predicted molar refractivity (Wildman–Crippen MR) is 89.0 cm³/mol. The molecule has 20 heavy (non-hydrogen) atoms. The molecule has 2 bridgehead atoms. The summed E-state index contributed by atoms with van der Waals surface area (Å²) in [5, 5.41) is 3.77. The standard InChI is InChI=1S/C19H37N/c1-3-5-6-7-8-9-10-19(20-4-2)15-18-14-16-11-12-17(18)13-16/h16-20H,3-15H2,1-2H3. The Labute approximate surface area is 127 Å².